The lowest BCUT2D eigenvalue weighted by Crippen LogP contribution is -2.16. The zero-order chi connectivity index (χ0) is 27.1. The van der Waals surface area contributed by atoms with Gasteiger partial charge in [0.05, 0.1) is 5.56 Å². The van der Waals surface area contributed by atoms with Crippen LogP contribution in [0.1, 0.15) is 94.6 Å². The van der Waals surface area contributed by atoms with E-state index >= 15 is 0 Å². The zero-order valence-electron chi connectivity index (χ0n) is 22.3. The van der Waals surface area contributed by atoms with Crippen LogP contribution in [-0.4, -0.2) is 27.1 Å². The molecule has 3 nitrogen and oxygen atoms in total. The van der Waals surface area contributed by atoms with Crippen LogP contribution in [0.3, 0.4) is 0 Å². The molecule has 0 amide bonds. The van der Waals surface area contributed by atoms with Crippen molar-refractivity contribution in [3.05, 3.63) is 117 Å². The molecular weight excluding hydrogens is 472 g/mol. The van der Waals surface area contributed by atoms with Crippen molar-refractivity contribution < 1.29 is 14.7 Å². The van der Waals surface area contributed by atoms with Crippen molar-refractivity contribution in [2.75, 3.05) is 0 Å². The Labute approximate surface area is 223 Å². The fourth-order valence-corrected chi connectivity index (χ4v) is 5.00. The molecule has 3 aromatic carbocycles. The van der Waals surface area contributed by atoms with Gasteiger partial charge in [-0.25, -0.2) is 4.79 Å². The number of allylic oxidation sites excluding steroid dienone is 2. The molecule has 0 bridgehead atoms. The van der Waals surface area contributed by atoms with Crippen molar-refractivity contribution in [3.63, 3.8) is 0 Å². The molecule has 0 aliphatic heterocycles. The first kappa shape index (κ1) is 26.6. The van der Waals surface area contributed by atoms with Crippen molar-refractivity contribution in [1.29, 1.82) is 0 Å². The van der Waals surface area contributed by atoms with Crippen molar-refractivity contribution in [3.8, 4) is 0 Å². The van der Waals surface area contributed by atoms with E-state index in [0.717, 1.165) is 22.3 Å². The highest BCUT2D eigenvalue weighted by Crippen LogP contribution is 2.44. The minimum Gasteiger partial charge on any atom is -0.478 e. The lowest BCUT2D eigenvalue weighted by molar-refractivity contribution is 0.0694. The van der Waals surface area contributed by atoms with Crippen LogP contribution < -0.4 is 0 Å². The second kappa shape index (κ2) is 9.75. The van der Waals surface area contributed by atoms with Crippen LogP contribution in [0.15, 0.2) is 72.8 Å². The first-order valence-corrected chi connectivity index (χ1v) is 13.1. The Kier molecular flexibility index (Phi) is 7.00. The summed E-state index contributed by atoms with van der Waals surface area (Å²) in [5, 5.41) is 9.38. The molecule has 187 valence electrons. The minimum atomic E-state index is -0.955. The van der Waals surface area contributed by atoms with Crippen molar-refractivity contribution in [2.24, 2.45) is 0 Å². The summed E-state index contributed by atoms with van der Waals surface area (Å²) in [6.45, 7) is 12.5. The molecule has 1 atom stereocenters. The van der Waals surface area contributed by atoms with Crippen LogP contribution in [0.5, 0.6) is 0 Å². The number of ketones is 1. The third-order valence-electron chi connectivity index (χ3n) is 7.44. The molecule has 0 aromatic heterocycles. The van der Waals surface area contributed by atoms with E-state index in [1.165, 1.54) is 16.7 Å². The largest absolute Gasteiger partial charge is 0.478 e. The second-order valence-corrected chi connectivity index (χ2v) is 12.5. The van der Waals surface area contributed by atoms with Gasteiger partial charge in [0.2, 0.25) is 0 Å². The smallest absolute Gasteiger partial charge is 0.335 e. The van der Waals surface area contributed by atoms with Gasteiger partial charge in [-0.15, -0.1) is 0 Å². The second-order valence-electron chi connectivity index (χ2n) is 11.2. The highest BCUT2D eigenvalue weighted by atomic mass is 28.1. The van der Waals surface area contributed by atoms with E-state index in [4.69, 9.17) is 0 Å². The fourth-order valence-electron chi connectivity index (χ4n) is 4.85. The molecule has 0 fully saturated rings. The molecule has 3 aromatic rings. The Bertz CT molecular complexity index is 1430. The summed E-state index contributed by atoms with van der Waals surface area (Å²) in [5.74, 6) is -1.09. The highest BCUT2D eigenvalue weighted by molar-refractivity contribution is 6.15. The summed E-state index contributed by atoms with van der Waals surface area (Å²) < 4.78 is 0. The molecule has 1 N–H and O–H groups in total. The molecule has 1 aliphatic carbocycles. The number of hydrogen-bond donors (Lipinski definition) is 1. The summed E-state index contributed by atoms with van der Waals surface area (Å²) >= 11 is 0. The Morgan fingerprint density at radius 1 is 1.00 bits per heavy atom. The number of hydrogen-bond acceptors (Lipinski definition) is 2. The summed E-state index contributed by atoms with van der Waals surface area (Å²) in [4.78, 5) is 25.0. The summed E-state index contributed by atoms with van der Waals surface area (Å²) in [5.41, 5.74) is 8.16. The molecule has 0 spiro atoms. The third-order valence-corrected chi connectivity index (χ3v) is 7.87. The Hall–Kier alpha value is -3.50. The first-order chi connectivity index (χ1) is 17.3. The van der Waals surface area contributed by atoms with Crippen molar-refractivity contribution in [1.82, 2.24) is 0 Å². The summed E-state index contributed by atoms with van der Waals surface area (Å²) in [6.07, 6.45) is 5.62. The third kappa shape index (κ3) is 5.45. The Morgan fingerprint density at radius 2 is 1.68 bits per heavy atom. The molecule has 0 saturated heterocycles. The van der Waals surface area contributed by atoms with Gasteiger partial charge in [0.15, 0.2) is 5.78 Å². The predicted molar refractivity (Wildman–Crippen MR) is 153 cm³/mol. The molecular formula is C33H33O3Si. The van der Waals surface area contributed by atoms with Gasteiger partial charge >= 0.3 is 5.97 Å². The number of fused-ring (bicyclic) bond motifs is 1. The zero-order valence-corrected chi connectivity index (χ0v) is 23.3. The van der Waals surface area contributed by atoms with Gasteiger partial charge in [0.1, 0.15) is 0 Å². The Balaban J connectivity index is 1.63. The van der Waals surface area contributed by atoms with Crippen LogP contribution in [-0.2, 0) is 5.41 Å². The van der Waals surface area contributed by atoms with E-state index in [1.54, 1.807) is 24.3 Å². The van der Waals surface area contributed by atoms with Gasteiger partial charge in [-0.1, -0.05) is 101 Å². The Morgan fingerprint density at radius 3 is 2.30 bits per heavy atom. The van der Waals surface area contributed by atoms with Crippen LogP contribution in [0.4, 0.5) is 0 Å². The molecule has 1 unspecified atom stereocenters. The number of carbonyl (C=O) groups is 2. The molecule has 0 saturated carbocycles. The molecule has 4 rings (SSSR count). The maximum absolute atomic E-state index is 13.2. The number of carbonyl (C=O) groups excluding carboxylic acids is 1. The van der Waals surface area contributed by atoms with Gasteiger partial charge in [-0.05, 0) is 69.5 Å². The van der Waals surface area contributed by atoms with Crippen LogP contribution in [0, 0.1) is 6.92 Å². The number of carboxylic acids is 1. The lowest BCUT2D eigenvalue weighted by Gasteiger charge is -2.28. The van der Waals surface area contributed by atoms with E-state index in [1.807, 2.05) is 39.0 Å². The molecule has 3 radical (unpaired) electrons. The average molecular weight is 506 g/mol. The van der Waals surface area contributed by atoms with E-state index in [-0.39, 0.29) is 27.7 Å². The van der Waals surface area contributed by atoms with E-state index in [0.29, 0.717) is 5.56 Å². The van der Waals surface area contributed by atoms with Crippen LogP contribution in [0.25, 0.3) is 11.6 Å². The maximum atomic E-state index is 13.2. The number of rotatable bonds is 7. The van der Waals surface area contributed by atoms with Crippen LogP contribution >= 0.6 is 0 Å². The van der Waals surface area contributed by atoms with E-state index in [9.17, 15) is 14.7 Å². The number of carboxylic acid groups (broad SMARTS) is 1. The van der Waals surface area contributed by atoms with Gasteiger partial charge in [-0.2, -0.15) is 0 Å². The predicted octanol–water partition coefficient (Wildman–Crippen LogP) is 7.78. The minimum absolute atomic E-state index is 0.0477. The van der Waals surface area contributed by atoms with E-state index < -0.39 is 5.97 Å². The molecule has 1 aliphatic rings. The monoisotopic (exact) mass is 505 g/mol. The summed E-state index contributed by atoms with van der Waals surface area (Å²) in [6, 6.07) is 19.7. The quantitative estimate of drug-likeness (QED) is 0.203. The lowest BCUT2D eigenvalue weighted by atomic mass is 9.85. The molecule has 37 heavy (non-hydrogen) atoms. The van der Waals surface area contributed by atoms with Gasteiger partial charge < -0.3 is 5.11 Å². The fraction of sp³-hybridized carbons (Fsp3) is 0.273. The standard InChI is InChI=1S/C33H33O3Si/c1-20-7-11-23(12-8-20)28-19-32(3,4)29-18-24(13-15-25(28)29)30(34)16-10-22-9-14-26(31(35)36)27(17-22)21(2)33(5,6)37/h7-19,21H,1-6H3,(H,35,36). The van der Waals surface area contributed by atoms with Gasteiger partial charge in [0.25, 0.3) is 0 Å². The van der Waals surface area contributed by atoms with Crippen LogP contribution in [0.2, 0.25) is 5.04 Å². The highest BCUT2D eigenvalue weighted by Gasteiger charge is 2.31. The number of benzene rings is 3. The maximum Gasteiger partial charge on any atom is 0.335 e. The summed E-state index contributed by atoms with van der Waals surface area (Å²) in [7, 11) is 3.73. The van der Waals surface area contributed by atoms with Gasteiger partial charge in [0, 0.05) is 21.2 Å². The first-order valence-electron chi connectivity index (χ1n) is 12.6. The molecule has 4 heteroatoms. The normalized spacial score (nSPS) is 15.4. The topological polar surface area (TPSA) is 54.4 Å². The van der Waals surface area contributed by atoms with Crippen molar-refractivity contribution in [2.45, 2.75) is 57.9 Å². The number of aryl methyl sites for hydroxylation is 1. The number of aromatic carboxylic acids is 1. The van der Waals surface area contributed by atoms with Gasteiger partial charge in [-0.3, -0.25) is 4.79 Å². The SMILES string of the molecule is Cc1ccc(C2=CC(C)(C)c3cc(C(=O)C=Cc4ccc(C(=O)O)c(C(C)C(C)(C)[Si])c4)ccc32)cc1. The molecule has 0 heterocycles. The average Bonchev–Trinajstić information content (AvgIpc) is 3.11. The van der Waals surface area contributed by atoms with Crippen molar-refractivity contribution >= 4 is 33.6 Å². The van der Waals surface area contributed by atoms with E-state index in [2.05, 4.69) is 67.4 Å².